The van der Waals surface area contributed by atoms with E-state index in [1.807, 2.05) is 0 Å². The normalized spacial score (nSPS) is 13.4. The predicted octanol–water partition coefficient (Wildman–Crippen LogP) is 13.5. The third-order valence-corrected chi connectivity index (χ3v) is 11.2. The molecule has 0 saturated heterocycles. The SMILES string of the molecule is CCCCCCC/C=C\C/C=C\CCCCCCCCCCCC(=O)NC(CS(=O)(=O)O)C(O)CCCCCCCCCCCCCCCCCC. The first-order chi connectivity index (χ1) is 25.3. The van der Waals surface area contributed by atoms with Crippen molar-refractivity contribution in [2.24, 2.45) is 0 Å². The van der Waals surface area contributed by atoms with Gasteiger partial charge in [0, 0.05) is 6.42 Å². The van der Waals surface area contributed by atoms with Crippen molar-refractivity contribution in [3.05, 3.63) is 24.3 Å². The van der Waals surface area contributed by atoms with Gasteiger partial charge in [0.1, 0.15) is 0 Å². The fraction of sp³-hybridized carbons (Fsp3) is 0.889. The molecule has 0 heterocycles. The highest BCUT2D eigenvalue weighted by Gasteiger charge is 2.26. The van der Waals surface area contributed by atoms with Gasteiger partial charge < -0.3 is 10.4 Å². The highest BCUT2D eigenvalue weighted by molar-refractivity contribution is 7.85. The Kier molecular flexibility index (Phi) is 38.6. The van der Waals surface area contributed by atoms with Gasteiger partial charge in [0.25, 0.3) is 10.1 Å². The van der Waals surface area contributed by atoms with Crippen molar-refractivity contribution in [1.82, 2.24) is 5.32 Å². The highest BCUT2D eigenvalue weighted by atomic mass is 32.2. The van der Waals surface area contributed by atoms with Crippen LogP contribution in [-0.4, -0.2) is 41.9 Å². The van der Waals surface area contributed by atoms with Gasteiger partial charge in [0.15, 0.2) is 0 Å². The first kappa shape index (κ1) is 50.8. The number of nitrogens with one attached hydrogen (secondary N) is 1. The van der Waals surface area contributed by atoms with E-state index in [0.717, 1.165) is 44.9 Å². The van der Waals surface area contributed by atoms with Gasteiger partial charge in [-0.1, -0.05) is 212 Å². The molecule has 1 amide bonds. The summed E-state index contributed by atoms with van der Waals surface area (Å²) < 4.78 is 32.6. The molecule has 0 fully saturated rings. The molecule has 0 radical (unpaired) electrons. The largest absolute Gasteiger partial charge is 0.391 e. The first-order valence-electron chi connectivity index (χ1n) is 22.5. The summed E-state index contributed by atoms with van der Waals surface area (Å²) in [6, 6.07) is -0.971. The number of hydrogen-bond acceptors (Lipinski definition) is 4. The maximum absolute atomic E-state index is 12.6. The summed E-state index contributed by atoms with van der Waals surface area (Å²) in [5.41, 5.74) is 0. The van der Waals surface area contributed by atoms with Crippen LogP contribution < -0.4 is 5.32 Å². The number of unbranched alkanes of at least 4 members (excludes halogenated alkanes) is 29. The van der Waals surface area contributed by atoms with E-state index in [1.165, 1.54) is 167 Å². The molecule has 2 atom stereocenters. The molecule has 0 aliphatic heterocycles. The standard InChI is InChI=1S/C45H87NO5S/c1-3-5-7-9-11-13-15-17-19-21-22-23-24-25-27-29-31-33-35-37-39-41-45(48)46-43(42-52(49,50)51)44(47)40-38-36-34-32-30-28-26-20-18-16-14-12-10-8-6-4-2/h15,17,21-22,43-44,47H,3-14,16,18-20,23-42H2,1-2H3,(H,46,48)(H,49,50,51)/b17-15-,22-21-. The molecule has 308 valence electrons. The molecule has 0 aliphatic carbocycles. The lowest BCUT2D eigenvalue weighted by molar-refractivity contribution is -0.122. The lowest BCUT2D eigenvalue weighted by atomic mass is 10.0. The van der Waals surface area contributed by atoms with E-state index in [9.17, 15) is 22.9 Å². The average molecular weight is 754 g/mol. The number of aliphatic hydroxyl groups excluding tert-OH is 1. The van der Waals surface area contributed by atoms with Crippen LogP contribution in [0.25, 0.3) is 0 Å². The van der Waals surface area contributed by atoms with Crippen LogP contribution in [0.3, 0.4) is 0 Å². The second kappa shape index (κ2) is 39.5. The first-order valence-corrected chi connectivity index (χ1v) is 24.1. The highest BCUT2D eigenvalue weighted by Crippen LogP contribution is 2.16. The summed E-state index contributed by atoms with van der Waals surface area (Å²) in [5.74, 6) is -0.895. The molecule has 0 aromatic heterocycles. The minimum Gasteiger partial charge on any atom is -0.391 e. The zero-order chi connectivity index (χ0) is 38.2. The monoisotopic (exact) mass is 754 g/mol. The van der Waals surface area contributed by atoms with Gasteiger partial charge in [-0.3, -0.25) is 9.35 Å². The Bertz CT molecular complexity index is 919. The van der Waals surface area contributed by atoms with Crippen LogP contribution in [-0.2, 0) is 14.9 Å². The van der Waals surface area contributed by atoms with Gasteiger partial charge in [0.05, 0.1) is 17.9 Å². The van der Waals surface area contributed by atoms with Crippen LogP contribution in [0, 0.1) is 0 Å². The zero-order valence-electron chi connectivity index (χ0n) is 34.4. The summed E-state index contributed by atoms with van der Waals surface area (Å²) in [4.78, 5) is 12.6. The van der Waals surface area contributed by atoms with Crippen molar-refractivity contribution in [2.45, 2.75) is 251 Å². The summed E-state index contributed by atoms with van der Waals surface area (Å²) in [5, 5.41) is 13.4. The Morgan fingerprint density at radius 2 is 0.865 bits per heavy atom. The van der Waals surface area contributed by atoms with Crippen LogP contribution in [0.2, 0.25) is 0 Å². The van der Waals surface area contributed by atoms with Gasteiger partial charge >= 0.3 is 0 Å². The molecule has 0 aromatic carbocycles. The average Bonchev–Trinajstić information content (AvgIpc) is 3.11. The fourth-order valence-corrected chi connectivity index (χ4v) is 7.77. The van der Waals surface area contributed by atoms with Gasteiger partial charge in [-0.25, -0.2) is 0 Å². The lowest BCUT2D eigenvalue weighted by Crippen LogP contribution is -2.47. The maximum atomic E-state index is 12.6. The second-order valence-corrected chi connectivity index (χ2v) is 17.2. The predicted molar refractivity (Wildman–Crippen MR) is 226 cm³/mol. The molecule has 0 rings (SSSR count). The van der Waals surface area contributed by atoms with Crippen molar-refractivity contribution in [3.63, 3.8) is 0 Å². The Balaban J connectivity index is 3.81. The molecule has 0 bridgehead atoms. The Morgan fingerprint density at radius 3 is 1.25 bits per heavy atom. The van der Waals surface area contributed by atoms with Crippen molar-refractivity contribution in [2.75, 3.05) is 5.75 Å². The van der Waals surface area contributed by atoms with E-state index in [-0.39, 0.29) is 5.91 Å². The molecule has 0 saturated carbocycles. The minimum absolute atomic E-state index is 0.248. The molecule has 6 nitrogen and oxygen atoms in total. The molecular weight excluding hydrogens is 667 g/mol. The number of allylic oxidation sites excluding steroid dienone is 4. The topological polar surface area (TPSA) is 104 Å². The van der Waals surface area contributed by atoms with Crippen molar-refractivity contribution < 1.29 is 22.9 Å². The van der Waals surface area contributed by atoms with E-state index in [4.69, 9.17) is 0 Å². The zero-order valence-corrected chi connectivity index (χ0v) is 35.3. The molecule has 0 spiro atoms. The van der Waals surface area contributed by atoms with Crippen molar-refractivity contribution in [1.29, 1.82) is 0 Å². The van der Waals surface area contributed by atoms with Crippen LogP contribution in [0.4, 0.5) is 0 Å². The number of carbonyl (C=O) groups is 1. The number of rotatable bonds is 41. The van der Waals surface area contributed by atoms with E-state index in [0.29, 0.717) is 12.8 Å². The Hall–Kier alpha value is -1.18. The molecule has 2 unspecified atom stereocenters. The molecule has 3 N–H and O–H groups in total. The third-order valence-electron chi connectivity index (χ3n) is 10.4. The van der Waals surface area contributed by atoms with Gasteiger partial charge in [-0.15, -0.1) is 0 Å². The van der Waals surface area contributed by atoms with Crippen molar-refractivity contribution >= 4 is 16.0 Å². The number of amides is 1. The number of aliphatic hydroxyl groups is 1. The van der Waals surface area contributed by atoms with Gasteiger partial charge in [-0.05, 0) is 44.9 Å². The molecule has 52 heavy (non-hydrogen) atoms. The van der Waals surface area contributed by atoms with E-state index in [2.05, 4.69) is 43.5 Å². The number of carbonyl (C=O) groups excluding carboxylic acids is 1. The quantitative estimate of drug-likeness (QED) is 0.0328. The summed E-state index contributed by atoms with van der Waals surface area (Å²) in [7, 11) is -4.31. The molecule has 0 aromatic rings. The van der Waals surface area contributed by atoms with Gasteiger partial charge in [0.2, 0.25) is 5.91 Å². The van der Waals surface area contributed by atoms with Crippen LogP contribution in [0.5, 0.6) is 0 Å². The molecular formula is C45H87NO5S. The third kappa shape index (κ3) is 40.0. The van der Waals surface area contributed by atoms with Gasteiger partial charge in [-0.2, -0.15) is 8.42 Å². The summed E-state index contributed by atoms with van der Waals surface area (Å²) in [6.07, 6.45) is 49.8. The maximum Gasteiger partial charge on any atom is 0.266 e. The Labute approximate surface area is 324 Å². The van der Waals surface area contributed by atoms with E-state index >= 15 is 0 Å². The number of hydrogen-bond donors (Lipinski definition) is 3. The smallest absolute Gasteiger partial charge is 0.266 e. The molecule has 0 aliphatic rings. The van der Waals surface area contributed by atoms with Crippen LogP contribution in [0.15, 0.2) is 24.3 Å². The lowest BCUT2D eigenvalue weighted by Gasteiger charge is -2.23. The van der Waals surface area contributed by atoms with E-state index < -0.39 is 28.0 Å². The fourth-order valence-electron chi connectivity index (χ4n) is 7.02. The summed E-state index contributed by atoms with van der Waals surface area (Å²) >= 11 is 0. The minimum atomic E-state index is -4.31. The van der Waals surface area contributed by atoms with Crippen LogP contribution >= 0.6 is 0 Å². The van der Waals surface area contributed by atoms with Crippen LogP contribution in [0.1, 0.15) is 239 Å². The second-order valence-electron chi connectivity index (χ2n) is 15.7. The van der Waals surface area contributed by atoms with E-state index in [1.54, 1.807) is 0 Å². The van der Waals surface area contributed by atoms with Crippen molar-refractivity contribution in [3.8, 4) is 0 Å². The Morgan fingerprint density at radius 1 is 0.519 bits per heavy atom. The molecule has 7 heteroatoms. The summed E-state index contributed by atoms with van der Waals surface area (Å²) in [6.45, 7) is 4.53.